The Hall–Kier alpha value is -0.560. The van der Waals surface area contributed by atoms with Gasteiger partial charge in [-0.05, 0) is 43.6 Å². The largest absolute Gasteiger partial charge is 0.389 e. The van der Waals surface area contributed by atoms with E-state index >= 15 is 0 Å². The standard InChI is InChI=1S/C15H28O/c1-6-7-8-9-10-13(2)14(16)11-12-15(3,4)5/h7-8,10,14,16H,6,9,11-12H2,1-5H3/b8-7+,13-10+. The Balaban J connectivity index is 3.97. The first kappa shape index (κ1) is 15.4. The van der Waals surface area contributed by atoms with Crippen molar-refractivity contribution >= 4 is 0 Å². The summed E-state index contributed by atoms with van der Waals surface area (Å²) >= 11 is 0. The summed E-state index contributed by atoms with van der Waals surface area (Å²) in [6, 6.07) is 0. The number of rotatable bonds is 6. The Kier molecular flexibility index (Phi) is 7.40. The maximum Gasteiger partial charge on any atom is 0.0747 e. The lowest BCUT2D eigenvalue weighted by Gasteiger charge is -2.20. The van der Waals surface area contributed by atoms with Crippen LogP contribution in [0.2, 0.25) is 0 Å². The quantitative estimate of drug-likeness (QED) is 0.660. The third-order valence-electron chi connectivity index (χ3n) is 2.67. The maximum atomic E-state index is 9.95. The van der Waals surface area contributed by atoms with Gasteiger partial charge in [0, 0.05) is 0 Å². The van der Waals surface area contributed by atoms with E-state index in [1.165, 1.54) is 0 Å². The molecule has 0 aromatic heterocycles. The molecule has 0 fully saturated rings. The first-order chi connectivity index (χ1) is 7.37. The molecular weight excluding hydrogens is 196 g/mol. The van der Waals surface area contributed by atoms with E-state index in [1.54, 1.807) is 0 Å². The predicted molar refractivity (Wildman–Crippen MR) is 72.5 cm³/mol. The number of allylic oxidation sites excluding steroid dienone is 3. The van der Waals surface area contributed by atoms with Gasteiger partial charge < -0.3 is 5.11 Å². The van der Waals surface area contributed by atoms with Crippen molar-refractivity contribution in [2.45, 2.75) is 66.4 Å². The summed E-state index contributed by atoms with van der Waals surface area (Å²) in [5, 5.41) is 9.95. The van der Waals surface area contributed by atoms with Gasteiger partial charge in [0.1, 0.15) is 0 Å². The van der Waals surface area contributed by atoms with Gasteiger partial charge in [-0.15, -0.1) is 0 Å². The van der Waals surface area contributed by atoms with Crippen LogP contribution >= 0.6 is 0 Å². The smallest absolute Gasteiger partial charge is 0.0747 e. The van der Waals surface area contributed by atoms with Gasteiger partial charge in [-0.2, -0.15) is 0 Å². The first-order valence-corrected chi connectivity index (χ1v) is 6.36. The minimum atomic E-state index is -0.269. The third kappa shape index (κ3) is 8.72. The lowest BCUT2D eigenvalue weighted by molar-refractivity contribution is 0.177. The highest BCUT2D eigenvalue weighted by atomic mass is 16.3. The van der Waals surface area contributed by atoms with Crippen LogP contribution in [-0.4, -0.2) is 11.2 Å². The van der Waals surface area contributed by atoms with Gasteiger partial charge in [0.15, 0.2) is 0 Å². The molecule has 1 unspecified atom stereocenters. The van der Waals surface area contributed by atoms with Crippen LogP contribution in [0.3, 0.4) is 0 Å². The van der Waals surface area contributed by atoms with Crippen molar-refractivity contribution in [1.82, 2.24) is 0 Å². The van der Waals surface area contributed by atoms with Gasteiger partial charge in [-0.1, -0.05) is 45.9 Å². The average Bonchev–Trinajstić information content (AvgIpc) is 2.19. The summed E-state index contributed by atoms with van der Waals surface area (Å²) in [4.78, 5) is 0. The van der Waals surface area contributed by atoms with E-state index < -0.39 is 0 Å². The van der Waals surface area contributed by atoms with Crippen LogP contribution in [0.1, 0.15) is 60.3 Å². The number of hydrogen-bond donors (Lipinski definition) is 1. The molecule has 1 N–H and O–H groups in total. The Bertz CT molecular complexity index is 230. The fourth-order valence-electron chi connectivity index (χ4n) is 1.45. The van der Waals surface area contributed by atoms with Crippen LogP contribution in [0.4, 0.5) is 0 Å². The molecule has 16 heavy (non-hydrogen) atoms. The fraction of sp³-hybridized carbons (Fsp3) is 0.733. The van der Waals surface area contributed by atoms with Crippen LogP contribution in [0.25, 0.3) is 0 Å². The molecule has 0 rings (SSSR count). The van der Waals surface area contributed by atoms with Gasteiger partial charge in [-0.25, -0.2) is 0 Å². The second-order valence-corrected chi connectivity index (χ2v) is 5.68. The topological polar surface area (TPSA) is 20.2 Å². The van der Waals surface area contributed by atoms with Crippen LogP contribution in [0.15, 0.2) is 23.8 Å². The number of aliphatic hydroxyl groups is 1. The van der Waals surface area contributed by atoms with Crippen molar-refractivity contribution in [2.24, 2.45) is 5.41 Å². The SMILES string of the molecule is CC/C=C/C/C=C(\C)C(O)CCC(C)(C)C. The monoisotopic (exact) mass is 224 g/mol. The summed E-state index contributed by atoms with van der Waals surface area (Å²) < 4.78 is 0. The number of aliphatic hydroxyl groups excluding tert-OH is 1. The van der Waals surface area contributed by atoms with Crippen molar-refractivity contribution in [2.75, 3.05) is 0 Å². The van der Waals surface area contributed by atoms with Crippen molar-refractivity contribution in [3.05, 3.63) is 23.8 Å². The molecule has 0 saturated heterocycles. The summed E-state index contributed by atoms with van der Waals surface area (Å²) in [5.41, 5.74) is 1.41. The Morgan fingerprint density at radius 1 is 1.25 bits per heavy atom. The van der Waals surface area contributed by atoms with E-state index in [2.05, 4.69) is 45.9 Å². The maximum absolute atomic E-state index is 9.95. The van der Waals surface area contributed by atoms with Crippen LogP contribution in [0.5, 0.6) is 0 Å². The molecule has 1 atom stereocenters. The van der Waals surface area contributed by atoms with Gasteiger partial charge >= 0.3 is 0 Å². The highest BCUT2D eigenvalue weighted by Gasteiger charge is 2.14. The van der Waals surface area contributed by atoms with Gasteiger partial charge in [0.05, 0.1) is 6.10 Å². The molecule has 0 aliphatic rings. The van der Waals surface area contributed by atoms with E-state index in [0.717, 1.165) is 31.3 Å². The molecule has 0 aliphatic heterocycles. The predicted octanol–water partition coefficient (Wildman–Crippen LogP) is 4.48. The van der Waals surface area contributed by atoms with E-state index in [4.69, 9.17) is 0 Å². The molecule has 0 aromatic rings. The summed E-state index contributed by atoms with van der Waals surface area (Å²) in [6.07, 6.45) is 10.1. The lowest BCUT2D eigenvalue weighted by Crippen LogP contribution is -2.13. The molecule has 0 bridgehead atoms. The average molecular weight is 224 g/mol. The van der Waals surface area contributed by atoms with Gasteiger partial charge in [0.2, 0.25) is 0 Å². The minimum absolute atomic E-state index is 0.269. The number of hydrogen-bond acceptors (Lipinski definition) is 1. The lowest BCUT2D eigenvalue weighted by atomic mass is 9.88. The normalized spacial score (nSPS) is 15.8. The van der Waals surface area contributed by atoms with Crippen molar-refractivity contribution < 1.29 is 5.11 Å². The van der Waals surface area contributed by atoms with Crippen molar-refractivity contribution in [1.29, 1.82) is 0 Å². The van der Waals surface area contributed by atoms with Crippen molar-refractivity contribution in [3.8, 4) is 0 Å². The second-order valence-electron chi connectivity index (χ2n) is 5.68. The molecule has 0 aromatic carbocycles. The molecule has 1 nitrogen and oxygen atoms in total. The third-order valence-corrected chi connectivity index (χ3v) is 2.67. The summed E-state index contributed by atoms with van der Waals surface area (Å²) in [7, 11) is 0. The van der Waals surface area contributed by atoms with Crippen LogP contribution in [0, 0.1) is 5.41 Å². The molecular formula is C15H28O. The molecule has 0 aliphatic carbocycles. The molecule has 0 heterocycles. The van der Waals surface area contributed by atoms with E-state index in [0.29, 0.717) is 5.41 Å². The van der Waals surface area contributed by atoms with E-state index in [-0.39, 0.29) is 6.10 Å². The van der Waals surface area contributed by atoms with Crippen LogP contribution < -0.4 is 0 Å². The summed E-state index contributed by atoms with van der Waals surface area (Å²) in [6.45, 7) is 10.8. The zero-order valence-corrected chi connectivity index (χ0v) is 11.6. The first-order valence-electron chi connectivity index (χ1n) is 6.36. The highest BCUT2D eigenvalue weighted by molar-refractivity contribution is 5.07. The molecule has 94 valence electrons. The molecule has 0 amide bonds. The molecule has 0 saturated carbocycles. The second kappa shape index (κ2) is 7.67. The molecule has 0 radical (unpaired) electrons. The zero-order chi connectivity index (χ0) is 12.6. The Morgan fingerprint density at radius 3 is 2.38 bits per heavy atom. The zero-order valence-electron chi connectivity index (χ0n) is 11.6. The highest BCUT2D eigenvalue weighted by Crippen LogP contribution is 2.23. The van der Waals surface area contributed by atoms with E-state index in [9.17, 15) is 5.11 Å². The van der Waals surface area contributed by atoms with E-state index in [1.807, 2.05) is 6.92 Å². The summed E-state index contributed by atoms with van der Waals surface area (Å²) in [5.74, 6) is 0. The minimum Gasteiger partial charge on any atom is -0.389 e. The molecule has 1 heteroatoms. The van der Waals surface area contributed by atoms with Gasteiger partial charge in [-0.3, -0.25) is 0 Å². The Morgan fingerprint density at radius 2 is 1.88 bits per heavy atom. The molecule has 0 spiro atoms. The van der Waals surface area contributed by atoms with Crippen molar-refractivity contribution in [3.63, 3.8) is 0 Å². The Labute approximate surface area is 101 Å². The van der Waals surface area contributed by atoms with Crippen LogP contribution in [-0.2, 0) is 0 Å². The fourth-order valence-corrected chi connectivity index (χ4v) is 1.45. The van der Waals surface area contributed by atoms with Gasteiger partial charge in [0.25, 0.3) is 0 Å².